The minimum atomic E-state index is -0.460. The van der Waals surface area contributed by atoms with Crippen LogP contribution in [0.25, 0.3) is 11.5 Å². The van der Waals surface area contributed by atoms with Crippen LogP contribution in [0.1, 0.15) is 17.7 Å². The molecule has 156 valence electrons. The third-order valence-corrected chi connectivity index (χ3v) is 5.76. The van der Waals surface area contributed by atoms with E-state index in [1.807, 2.05) is 66.4 Å². The number of ether oxygens (including phenoxy) is 2. The number of nitrogens with zero attached hydrogens (tertiary/aromatic N) is 3. The standard InChI is InChI=1S/C22H23N3O4S/c1-2-28-18-10-8-17(9-11-18)20-23-24-22(29-20)30-19(16-6-4-3-5-7-16)21(26)25-12-14-27-15-13-25/h3-11,19H,2,12-15H2,1H3/t19-/m1/s1. The van der Waals surface area contributed by atoms with Crippen LogP contribution in [0.5, 0.6) is 5.75 Å². The van der Waals surface area contributed by atoms with Crippen molar-refractivity contribution in [2.45, 2.75) is 17.4 Å². The number of thioether (sulfide) groups is 1. The Morgan fingerprint density at radius 2 is 1.83 bits per heavy atom. The van der Waals surface area contributed by atoms with Gasteiger partial charge in [-0.3, -0.25) is 4.79 Å². The topological polar surface area (TPSA) is 77.7 Å². The molecule has 2 heterocycles. The lowest BCUT2D eigenvalue weighted by atomic mass is 10.1. The van der Waals surface area contributed by atoms with Crippen LogP contribution in [0.4, 0.5) is 0 Å². The minimum Gasteiger partial charge on any atom is -0.494 e. The molecular weight excluding hydrogens is 402 g/mol. The van der Waals surface area contributed by atoms with E-state index in [-0.39, 0.29) is 5.91 Å². The zero-order valence-electron chi connectivity index (χ0n) is 16.7. The van der Waals surface area contributed by atoms with Crippen LogP contribution in [-0.4, -0.2) is 53.9 Å². The highest BCUT2D eigenvalue weighted by atomic mass is 32.2. The second kappa shape index (κ2) is 9.77. The van der Waals surface area contributed by atoms with Crippen molar-refractivity contribution in [3.05, 3.63) is 60.2 Å². The van der Waals surface area contributed by atoms with Gasteiger partial charge in [-0.25, -0.2) is 0 Å². The zero-order chi connectivity index (χ0) is 20.8. The van der Waals surface area contributed by atoms with E-state index in [0.29, 0.717) is 44.0 Å². The molecule has 0 N–H and O–H groups in total. The van der Waals surface area contributed by atoms with Crippen molar-refractivity contribution in [3.63, 3.8) is 0 Å². The third-order valence-electron chi connectivity index (χ3n) is 4.69. The van der Waals surface area contributed by atoms with Gasteiger partial charge in [0.2, 0.25) is 11.8 Å². The lowest BCUT2D eigenvalue weighted by Crippen LogP contribution is -2.42. The first-order valence-corrected chi connectivity index (χ1v) is 10.8. The van der Waals surface area contributed by atoms with Crippen molar-refractivity contribution in [2.75, 3.05) is 32.9 Å². The van der Waals surface area contributed by atoms with Gasteiger partial charge >= 0.3 is 0 Å². The Bertz CT molecular complexity index is 956. The summed E-state index contributed by atoms with van der Waals surface area (Å²) in [6.45, 7) is 4.84. The van der Waals surface area contributed by atoms with Crippen LogP contribution in [0.2, 0.25) is 0 Å². The second-order valence-electron chi connectivity index (χ2n) is 6.68. The fourth-order valence-electron chi connectivity index (χ4n) is 3.17. The molecule has 0 spiro atoms. The molecule has 1 amide bonds. The number of rotatable bonds is 7. The molecule has 30 heavy (non-hydrogen) atoms. The van der Waals surface area contributed by atoms with Crippen molar-refractivity contribution in [1.29, 1.82) is 0 Å². The summed E-state index contributed by atoms with van der Waals surface area (Å²) in [4.78, 5) is 15.1. The van der Waals surface area contributed by atoms with Gasteiger partial charge in [0.05, 0.1) is 19.8 Å². The van der Waals surface area contributed by atoms with E-state index in [0.717, 1.165) is 16.9 Å². The normalized spacial score (nSPS) is 15.0. The highest BCUT2D eigenvalue weighted by molar-refractivity contribution is 8.00. The van der Waals surface area contributed by atoms with Crippen LogP contribution >= 0.6 is 11.8 Å². The molecule has 2 aromatic carbocycles. The van der Waals surface area contributed by atoms with Gasteiger partial charge in [-0.2, -0.15) is 0 Å². The van der Waals surface area contributed by atoms with E-state index in [9.17, 15) is 4.79 Å². The Morgan fingerprint density at radius 1 is 1.10 bits per heavy atom. The number of carbonyl (C=O) groups is 1. The summed E-state index contributed by atoms with van der Waals surface area (Å²) < 4.78 is 16.7. The van der Waals surface area contributed by atoms with Crippen molar-refractivity contribution in [2.24, 2.45) is 0 Å². The molecule has 1 fully saturated rings. The van der Waals surface area contributed by atoms with E-state index >= 15 is 0 Å². The Morgan fingerprint density at radius 3 is 2.53 bits per heavy atom. The SMILES string of the molecule is CCOc1ccc(-c2nnc(S[C@@H](C(=O)N3CCOCC3)c3ccccc3)o2)cc1. The van der Waals surface area contributed by atoms with Crippen molar-refractivity contribution in [1.82, 2.24) is 15.1 Å². The minimum absolute atomic E-state index is 0.0234. The molecule has 0 saturated carbocycles. The summed E-state index contributed by atoms with van der Waals surface area (Å²) >= 11 is 1.27. The highest BCUT2D eigenvalue weighted by Crippen LogP contribution is 2.37. The molecule has 1 aromatic heterocycles. The summed E-state index contributed by atoms with van der Waals surface area (Å²) in [5, 5.41) is 8.22. The molecule has 4 rings (SSSR count). The smallest absolute Gasteiger partial charge is 0.277 e. The summed E-state index contributed by atoms with van der Waals surface area (Å²) in [7, 11) is 0. The van der Waals surface area contributed by atoms with Crippen molar-refractivity contribution >= 4 is 17.7 Å². The van der Waals surface area contributed by atoms with Crippen molar-refractivity contribution < 1.29 is 18.7 Å². The molecule has 1 atom stereocenters. The Balaban J connectivity index is 1.54. The van der Waals surface area contributed by atoms with Gasteiger partial charge in [0.1, 0.15) is 11.0 Å². The molecule has 1 saturated heterocycles. The summed E-state index contributed by atoms with van der Waals surface area (Å²) in [6.07, 6.45) is 0. The third kappa shape index (κ3) is 4.83. The van der Waals surface area contributed by atoms with Crippen LogP contribution in [-0.2, 0) is 9.53 Å². The van der Waals surface area contributed by atoms with E-state index in [1.54, 1.807) is 0 Å². The van der Waals surface area contributed by atoms with Gasteiger partial charge in [0.15, 0.2) is 0 Å². The molecule has 0 unspecified atom stereocenters. The number of hydrogen-bond acceptors (Lipinski definition) is 7. The molecule has 8 heteroatoms. The average molecular weight is 426 g/mol. The van der Waals surface area contributed by atoms with Crippen LogP contribution in [0.15, 0.2) is 64.2 Å². The molecule has 0 bridgehead atoms. The number of amides is 1. The molecule has 3 aromatic rings. The predicted octanol–water partition coefficient (Wildman–Crippen LogP) is 3.83. The summed E-state index contributed by atoms with van der Waals surface area (Å²) in [5.74, 6) is 1.22. The first-order valence-electron chi connectivity index (χ1n) is 9.89. The zero-order valence-corrected chi connectivity index (χ0v) is 17.5. The summed E-state index contributed by atoms with van der Waals surface area (Å²) in [6, 6.07) is 17.2. The quantitative estimate of drug-likeness (QED) is 0.533. The fourth-order valence-corrected chi connectivity index (χ4v) is 4.13. The number of carbonyl (C=O) groups excluding carboxylic acids is 1. The van der Waals surface area contributed by atoms with E-state index in [2.05, 4.69) is 10.2 Å². The monoisotopic (exact) mass is 425 g/mol. The lowest BCUT2D eigenvalue weighted by molar-refractivity contribution is -0.134. The van der Waals surface area contributed by atoms with Gasteiger partial charge < -0.3 is 18.8 Å². The number of benzene rings is 2. The molecule has 1 aliphatic rings. The Kier molecular flexibility index (Phi) is 6.66. The molecule has 0 aliphatic carbocycles. The van der Waals surface area contributed by atoms with Crippen LogP contribution in [0, 0.1) is 0 Å². The van der Waals surface area contributed by atoms with E-state index < -0.39 is 5.25 Å². The van der Waals surface area contributed by atoms with Gasteiger partial charge in [0, 0.05) is 18.7 Å². The first kappa shape index (κ1) is 20.4. The largest absolute Gasteiger partial charge is 0.494 e. The Hall–Kier alpha value is -2.84. The maximum atomic E-state index is 13.2. The van der Waals surface area contributed by atoms with Crippen LogP contribution < -0.4 is 4.74 Å². The van der Waals surface area contributed by atoms with Gasteiger partial charge in [-0.05, 0) is 48.5 Å². The number of aromatic nitrogens is 2. The summed E-state index contributed by atoms with van der Waals surface area (Å²) in [5.41, 5.74) is 1.70. The van der Waals surface area contributed by atoms with Gasteiger partial charge in [-0.15, -0.1) is 10.2 Å². The van der Waals surface area contributed by atoms with E-state index in [1.165, 1.54) is 11.8 Å². The van der Waals surface area contributed by atoms with Crippen LogP contribution in [0.3, 0.4) is 0 Å². The molecule has 1 aliphatic heterocycles. The lowest BCUT2D eigenvalue weighted by Gasteiger charge is -2.29. The van der Waals surface area contributed by atoms with E-state index in [4.69, 9.17) is 13.9 Å². The maximum absolute atomic E-state index is 13.2. The predicted molar refractivity (Wildman–Crippen MR) is 113 cm³/mol. The number of morpholine rings is 1. The van der Waals surface area contributed by atoms with Gasteiger partial charge in [-0.1, -0.05) is 30.3 Å². The molecule has 0 radical (unpaired) electrons. The fraction of sp³-hybridized carbons (Fsp3) is 0.318. The highest BCUT2D eigenvalue weighted by Gasteiger charge is 2.30. The Labute approximate surface area is 179 Å². The van der Waals surface area contributed by atoms with Gasteiger partial charge in [0.25, 0.3) is 5.22 Å². The second-order valence-corrected chi connectivity index (χ2v) is 7.73. The maximum Gasteiger partial charge on any atom is 0.277 e. The molecular formula is C22H23N3O4S. The van der Waals surface area contributed by atoms with Crippen molar-refractivity contribution in [3.8, 4) is 17.2 Å². The first-order chi connectivity index (χ1) is 14.7. The molecule has 7 nitrogen and oxygen atoms in total. The average Bonchev–Trinajstić information content (AvgIpc) is 3.28. The number of hydrogen-bond donors (Lipinski definition) is 0.